The lowest BCUT2D eigenvalue weighted by molar-refractivity contribution is 0.0986. The second-order valence-electron chi connectivity index (χ2n) is 10.4. The second kappa shape index (κ2) is 11.5. The van der Waals surface area contributed by atoms with Gasteiger partial charge in [0.2, 0.25) is 0 Å². The molecule has 2 aromatic rings. The number of ether oxygens (including phenoxy) is 1. The number of carbonyl (C=O) groups excluding carboxylic acids is 1. The first kappa shape index (κ1) is 26.2. The molecular weight excluding hydrogens is 453 g/mol. The number of allylic oxidation sites excluding steroid dienone is 1. The molecule has 2 fully saturated rings. The SMILES string of the molecule is C=CCCCN1CC2(CCN(Cc3cccc(O[C@H](C)CC)c3)C(C)C2)N(c2cccc(F)c2)C1=O. The molecule has 1 spiro atoms. The number of urea groups is 1. The smallest absolute Gasteiger partial charge is 0.325 e. The monoisotopic (exact) mass is 493 g/mol. The van der Waals surface area contributed by atoms with Crippen LogP contribution in [0, 0.1) is 5.82 Å². The van der Waals surface area contributed by atoms with Gasteiger partial charge in [-0.1, -0.05) is 31.2 Å². The molecule has 2 aromatic carbocycles. The van der Waals surface area contributed by atoms with E-state index in [0.717, 1.165) is 50.9 Å². The minimum atomic E-state index is -0.337. The van der Waals surface area contributed by atoms with Gasteiger partial charge < -0.3 is 9.64 Å². The normalized spacial score (nSPS) is 23.3. The van der Waals surface area contributed by atoms with Crippen LogP contribution in [0.25, 0.3) is 0 Å². The molecule has 36 heavy (non-hydrogen) atoms. The molecule has 6 heteroatoms. The first-order valence-corrected chi connectivity index (χ1v) is 13.3. The van der Waals surface area contributed by atoms with E-state index in [1.54, 1.807) is 6.07 Å². The van der Waals surface area contributed by atoms with Crippen molar-refractivity contribution in [1.29, 1.82) is 0 Å². The average Bonchev–Trinajstić information content (AvgIpc) is 3.11. The van der Waals surface area contributed by atoms with E-state index >= 15 is 0 Å². The minimum absolute atomic E-state index is 0.0137. The highest BCUT2D eigenvalue weighted by Crippen LogP contribution is 2.42. The molecule has 2 amide bonds. The Morgan fingerprint density at radius 3 is 2.78 bits per heavy atom. The highest BCUT2D eigenvalue weighted by atomic mass is 19.1. The van der Waals surface area contributed by atoms with Crippen molar-refractivity contribution in [3.8, 4) is 5.75 Å². The van der Waals surface area contributed by atoms with E-state index in [9.17, 15) is 9.18 Å². The predicted octanol–water partition coefficient (Wildman–Crippen LogP) is 6.63. The van der Waals surface area contributed by atoms with Gasteiger partial charge in [0.15, 0.2) is 0 Å². The van der Waals surface area contributed by atoms with Crippen molar-refractivity contribution >= 4 is 11.7 Å². The van der Waals surface area contributed by atoms with Crippen molar-refractivity contribution in [2.45, 2.75) is 77.1 Å². The van der Waals surface area contributed by atoms with Gasteiger partial charge in [-0.3, -0.25) is 9.80 Å². The molecular formula is C30H40FN3O2. The van der Waals surface area contributed by atoms with Crippen LogP contribution in [0.5, 0.6) is 5.75 Å². The van der Waals surface area contributed by atoms with E-state index in [-0.39, 0.29) is 29.5 Å². The van der Waals surface area contributed by atoms with Crippen LogP contribution in [-0.4, -0.2) is 53.1 Å². The van der Waals surface area contributed by atoms with Crippen LogP contribution in [-0.2, 0) is 6.54 Å². The van der Waals surface area contributed by atoms with Crippen LogP contribution in [0.2, 0.25) is 0 Å². The highest BCUT2D eigenvalue weighted by molar-refractivity contribution is 5.96. The summed E-state index contributed by atoms with van der Waals surface area (Å²) in [7, 11) is 0. The van der Waals surface area contributed by atoms with Crippen LogP contribution < -0.4 is 9.64 Å². The quantitative estimate of drug-likeness (QED) is 0.275. The topological polar surface area (TPSA) is 36.0 Å². The van der Waals surface area contributed by atoms with Crippen molar-refractivity contribution in [3.05, 3.63) is 72.6 Å². The molecule has 0 saturated carbocycles. The number of amides is 2. The summed E-state index contributed by atoms with van der Waals surface area (Å²) in [4.78, 5) is 19.9. The second-order valence-corrected chi connectivity index (χ2v) is 10.4. The number of rotatable bonds is 10. The zero-order valence-electron chi connectivity index (χ0n) is 22.0. The zero-order chi connectivity index (χ0) is 25.7. The minimum Gasteiger partial charge on any atom is -0.491 e. The molecule has 5 nitrogen and oxygen atoms in total. The maximum Gasteiger partial charge on any atom is 0.325 e. The number of hydrogen-bond donors (Lipinski definition) is 0. The molecule has 2 aliphatic rings. The molecule has 0 aliphatic carbocycles. The third-order valence-electron chi connectivity index (χ3n) is 7.68. The van der Waals surface area contributed by atoms with E-state index in [0.29, 0.717) is 18.8 Å². The number of carbonyl (C=O) groups is 1. The Labute approximate surface area is 215 Å². The third kappa shape index (κ3) is 5.75. The van der Waals surface area contributed by atoms with Crippen LogP contribution in [0.1, 0.15) is 58.4 Å². The molecule has 3 atom stereocenters. The summed E-state index contributed by atoms with van der Waals surface area (Å²) in [5.41, 5.74) is 1.55. The Hall–Kier alpha value is -2.86. The fraction of sp³-hybridized carbons (Fsp3) is 0.500. The van der Waals surface area contributed by atoms with Crippen molar-refractivity contribution in [3.63, 3.8) is 0 Å². The van der Waals surface area contributed by atoms with E-state index in [2.05, 4.69) is 50.4 Å². The van der Waals surface area contributed by atoms with E-state index in [4.69, 9.17) is 4.74 Å². The van der Waals surface area contributed by atoms with Gasteiger partial charge in [0.1, 0.15) is 11.6 Å². The van der Waals surface area contributed by atoms with Gasteiger partial charge >= 0.3 is 6.03 Å². The molecule has 0 N–H and O–H groups in total. The maximum atomic E-state index is 14.2. The maximum absolute atomic E-state index is 14.2. The number of anilines is 1. The van der Waals surface area contributed by atoms with Gasteiger partial charge in [-0.25, -0.2) is 9.18 Å². The Kier molecular flexibility index (Phi) is 8.35. The first-order chi connectivity index (χ1) is 17.3. The summed E-state index contributed by atoms with van der Waals surface area (Å²) < 4.78 is 20.2. The third-order valence-corrected chi connectivity index (χ3v) is 7.68. The van der Waals surface area contributed by atoms with Crippen LogP contribution in [0.4, 0.5) is 14.9 Å². The lowest BCUT2D eigenvalue weighted by Gasteiger charge is -2.47. The van der Waals surface area contributed by atoms with Crippen molar-refractivity contribution < 1.29 is 13.9 Å². The van der Waals surface area contributed by atoms with E-state index in [1.807, 2.05) is 28.0 Å². The van der Waals surface area contributed by atoms with E-state index in [1.165, 1.54) is 17.7 Å². The Bertz CT molecular complexity index is 1060. The standard InChI is InChI=1S/C30H40FN3O2/c1-5-7-8-16-33-22-30(34(29(33)35)27-13-10-12-26(31)19-27)15-17-32(23(3)20-30)21-25-11-9-14-28(18-25)36-24(4)6-2/h5,9-14,18-19,23-24H,1,6-8,15-17,20-22H2,2-4H3/t23?,24-,30?/m1/s1. The summed E-state index contributed by atoms with van der Waals surface area (Å²) in [6.07, 6.45) is 6.51. The number of nitrogens with zero attached hydrogens (tertiary/aromatic N) is 3. The Balaban J connectivity index is 1.52. The van der Waals surface area contributed by atoms with Gasteiger partial charge in [-0.15, -0.1) is 6.58 Å². The van der Waals surface area contributed by atoms with Crippen molar-refractivity contribution in [2.75, 3.05) is 24.5 Å². The van der Waals surface area contributed by atoms with Crippen LogP contribution >= 0.6 is 0 Å². The van der Waals surface area contributed by atoms with Crippen LogP contribution in [0.3, 0.4) is 0 Å². The largest absolute Gasteiger partial charge is 0.491 e. The molecule has 4 rings (SSSR count). The van der Waals surface area contributed by atoms with Crippen molar-refractivity contribution in [1.82, 2.24) is 9.80 Å². The van der Waals surface area contributed by atoms with Gasteiger partial charge in [-0.05, 0) is 81.8 Å². The zero-order valence-corrected chi connectivity index (χ0v) is 22.0. The Morgan fingerprint density at radius 1 is 1.25 bits per heavy atom. The lowest BCUT2D eigenvalue weighted by Crippen LogP contribution is -2.57. The number of piperidine rings is 1. The molecule has 0 radical (unpaired) electrons. The predicted molar refractivity (Wildman–Crippen MR) is 144 cm³/mol. The van der Waals surface area contributed by atoms with Crippen LogP contribution in [0.15, 0.2) is 61.2 Å². The number of hydrogen-bond acceptors (Lipinski definition) is 3. The van der Waals surface area contributed by atoms with Gasteiger partial charge in [-0.2, -0.15) is 0 Å². The fourth-order valence-electron chi connectivity index (χ4n) is 5.64. The number of benzene rings is 2. The summed E-state index contributed by atoms with van der Waals surface area (Å²) >= 11 is 0. The summed E-state index contributed by atoms with van der Waals surface area (Å²) in [5.74, 6) is 0.599. The first-order valence-electron chi connectivity index (χ1n) is 13.3. The number of unbranched alkanes of at least 4 members (excludes halogenated alkanes) is 1. The molecule has 0 aromatic heterocycles. The molecule has 0 bridgehead atoms. The Morgan fingerprint density at radius 2 is 2.06 bits per heavy atom. The van der Waals surface area contributed by atoms with Crippen molar-refractivity contribution in [2.24, 2.45) is 0 Å². The molecule has 194 valence electrons. The molecule has 2 saturated heterocycles. The lowest BCUT2D eigenvalue weighted by atomic mass is 9.82. The van der Waals surface area contributed by atoms with Gasteiger partial charge in [0.25, 0.3) is 0 Å². The number of halogens is 1. The molecule has 2 heterocycles. The summed E-state index contributed by atoms with van der Waals surface area (Å²) in [5, 5.41) is 0. The summed E-state index contributed by atoms with van der Waals surface area (Å²) in [6.45, 7) is 13.3. The summed E-state index contributed by atoms with van der Waals surface area (Å²) in [6, 6.07) is 15.1. The average molecular weight is 494 g/mol. The van der Waals surface area contributed by atoms with Gasteiger partial charge in [0, 0.05) is 37.9 Å². The fourth-order valence-corrected chi connectivity index (χ4v) is 5.64. The van der Waals surface area contributed by atoms with Gasteiger partial charge in [0.05, 0.1) is 11.6 Å². The number of likely N-dealkylation sites (tertiary alicyclic amines) is 1. The molecule has 2 aliphatic heterocycles. The van der Waals surface area contributed by atoms with E-state index < -0.39 is 0 Å². The molecule has 2 unspecified atom stereocenters. The highest BCUT2D eigenvalue weighted by Gasteiger charge is 2.52.